The van der Waals surface area contributed by atoms with Crippen LogP contribution in [0.5, 0.6) is 5.75 Å². The van der Waals surface area contributed by atoms with E-state index in [-0.39, 0.29) is 18.6 Å². The fourth-order valence-corrected chi connectivity index (χ4v) is 1.77. The molecule has 0 aliphatic carbocycles. The van der Waals surface area contributed by atoms with Crippen LogP contribution in [0.2, 0.25) is 0 Å². The molecule has 0 fully saturated rings. The van der Waals surface area contributed by atoms with Crippen LogP contribution in [-0.2, 0) is 9.59 Å². The van der Waals surface area contributed by atoms with E-state index in [9.17, 15) is 24.1 Å². The van der Waals surface area contributed by atoms with Crippen LogP contribution in [0, 0.1) is 15.9 Å². The molecular formula is C14H17FN2O6. The molecule has 0 bridgehead atoms. The van der Waals surface area contributed by atoms with Crippen molar-refractivity contribution in [2.75, 3.05) is 6.61 Å². The van der Waals surface area contributed by atoms with E-state index in [1.165, 1.54) is 6.07 Å². The average Bonchev–Trinajstić information content (AvgIpc) is 2.42. The highest BCUT2D eigenvalue weighted by Crippen LogP contribution is 2.22. The Balaban J connectivity index is 2.54. The summed E-state index contributed by atoms with van der Waals surface area (Å²) in [7, 11) is 0. The summed E-state index contributed by atoms with van der Waals surface area (Å²) < 4.78 is 18.5. The number of carboxylic acids is 1. The molecule has 126 valence electrons. The molecule has 1 aromatic carbocycles. The second kappa shape index (κ2) is 7.52. The maximum absolute atomic E-state index is 13.4. The van der Waals surface area contributed by atoms with E-state index in [0.717, 1.165) is 12.1 Å². The molecule has 1 rings (SSSR count). The molecule has 23 heavy (non-hydrogen) atoms. The Morgan fingerprint density at radius 2 is 2.09 bits per heavy atom. The van der Waals surface area contributed by atoms with Gasteiger partial charge >= 0.3 is 11.7 Å². The number of hydrogen-bond acceptors (Lipinski definition) is 5. The molecule has 0 aliphatic heterocycles. The monoisotopic (exact) mass is 328 g/mol. The van der Waals surface area contributed by atoms with E-state index >= 15 is 0 Å². The van der Waals surface area contributed by atoms with Crippen molar-refractivity contribution in [2.45, 2.75) is 32.2 Å². The van der Waals surface area contributed by atoms with Gasteiger partial charge in [-0.1, -0.05) is 0 Å². The molecule has 0 aliphatic rings. The molecule has 1 aromatic rings. The molecule has 0 heterocycles. The molecule has 0 atom stereocenters. The molecule has 0 aromatic heterocycles. The Hall–Kier alpha value is -2.71. The SMILES string of the molecule is CC(C)(CCC(=O)O)NC(=O)COc1ccc([N+](=O)[O-])c(F)c1. The second-order valence-corrected chi connectivity index (χ2v) is 5.48. The zero-order valence-corrected chi connectivity index (χ0v) is 12.7. The van der Waals surface area contributed by atoms with E-state index in [4.69, 9.17) is 9.84 Å². The van der Waals surface area contributed by atoms with Crippen LogP contribution < -0.4 is 10.1 Å². The number of benzene rings is 1. The van der Waals surface area contributed by atoms with Gasteiger partial charge < -0.3 is 15.2 Å². The van der Waals surface area contributed by atoms with Crippen molar-refractivity contribution in [3.63, 3.8) is 0 Å². The highest BCUT2D eigenvalue weighted by Gasteiger charge is 2.22. The number of carbonyl (C=O) groups excluding carboxylic acids is 1. The van der Waals surface area contributed by atoms with Gasteiger partial charge in [-0.05, 0) is 26.3 Å². The summed E-state index contributed by atoms with van der Waals surface area (Å²) in [6.07, 6.45) is 0.141. The summed E-state index contributed by atoms with van der Waals surface area (Å²) in [5.41, 5.74) is -1.42. The Bertz CT molecular complexity index is 617. The lowest BCUT2D eigenvalue weighted by atomic mass is 9.98. The van der Waals surface area contributed by atoms with Gasteiger partial charge in [0.25, 0.3) is 5.91 Å². The van der Waals surface area contributed by atoms with Crippen LogP contribution in [0.1, 0.15) is 26.7 Å². The van der Waals surface area contributed by atoms with E-state index in [1.807, 2.05) is 0 Å². The van der Waals surface area contributed by atoms with Gasteiger partial charge in [-0.3, -0.25) is 19.7 Å². The van der Waals surface area contributed by atoms with Crippen LogP contribution in [0.3, 0.4) is 0 Å². The Morgan fingerprint density at radius 3 is 2.61 bits per heavy atom. The molecule has 2 N–H and O–H groups in total. The molecule has 0 saturated carbocycles. The minimum Gasteiger partial charge on any atom is -0.484 e. The number of amides is 1. The standard InChI is InChI=1S/C14H17FN2O6/c1-14(2,6-5-13(19)20)16-12(18)8-23-9-3-4-11(17(21)22)10(15)7-9/h3-4,7H,5-6,8H2,1-2H3,(H,16,18)(H,19,20). The third-order valence-electron chi connectivity index (χ3n) is 2.93. The number of nitro benzene ring substituents is 1. The van der Waals surface area contributed by atoms with Gasteiger partial charge in [0.15, 0.2) is 6.61 Å². The molecule has 0 saturated heterocycles. The van der Waals surface area contributed by atoms with Gasteiger partial charge in [0, 0.05) is 24.1 Å². The van der Waals surface area contributed by atoms with E-state index in [1.54, 1.807) is 13.8 Å². The minimum atomic E-state index is -1.06. The first-order chi connectivity index (χ1) is 10.6. The number of aliphatic carboxylic acids is 1. The van der Waals surface area contributed by atoms with Crippen molar-refractivity contribution in [3.8, 4) is 5.75 Å². The molecule has 1 amide bonds. The van der Waals surface area contributed by atoms with Crippen molar-refractivity contribution in [1.29, 1.82) is 0 Å². The van der Waals surface area contributed by atoms with E-state index in [0.29, 0.717) is 0 Å². The molecule has 9 heteroatoms. The maximum Gasteiger partial charge on any atom is 0.305 e. The topological polar surface area (TPSA) is 119 Å². The highest BCUT2D eigenvalue weighted by molar-refractivity contribution is 5.78. The van der Waals surface area contributed by atoms with E-state index in [2.05, 4.69) is 5.32 Å². The third-order valence-corrected chi connectivity index (χ3v) is 2.93. The van der Waals surface area contributed by atoms with Gasteiger partial charge in [0.2, 0.25) is 5.82 Å². The summed E-state index contributed by atoms with van der Waals surface area (Å²) in [6, 6.07) is 2.95. The first kappa shape index (κ1) is 18.3. The summed E-state index contributed by atoms with van der Waals surface area (Å²) in [4.78, 5) is 31.9. The zero-order chi connectivity index (χ0) is 17.6. The van der Waals surface area contributed by atoms with Gasteiger partial charge in [-0.2, -0.15) is 4.39 Å². The summed E-state index contributed by atoms with van der Waals surface area (Å²) in [6.45, 7) is 2.91. The van der Waals surface area contributed by atoms with Gasteiger partial charge in [0.05, 0.1) is 4.92 Å². The van der Waals surface area contributed by atoms with Crippen molar-refractivity contribution in [1.82, 2.24) is 5.32 Å². The number of carboxylic acid groups (broad SMARTS) is 1. The number of hydrogen-bond donors (Lipinski definition) is 2. The summed E-state index contributed by atoms with van der Waals surface area (Å²) >= 11 is 0. The number of rotatable bonds is 8. The predicted molar refractivity (Wildman–Crippen MR) is 77.6 cm³/mol. The average molecular weight is 328 g/mol. The number of carbonyl (C=O) groups is 2. The third kappa shape index (κ3) is 6.29. The van der Waals surface area contributed by atoms with E-state index < -0.39 is 40.5 Å². The lowest BCUT2D eigenvalue weighted by molar-refractivity contribution is -0.387. The fourth-order valence-electron chi connectivity index (χ4n) is 1.77. The largest absolute Gasteiger partial charge is 0.484 e. The van der Waals surface area contributed by atoms with Crippen LogP contribution in [0.25, 0.3) is 0 Å². The zero-order valence-electron chi connectivity index (χ0n) is 12.7. The smallest absolute Gasteiger partial charge is 0.305 e. The quantitative estimate of drug-likeness (QED) is 0.555. The Labute approximate surface area is 131 Å². The van der Waals surface area contributed by atoms with Crippen LogP contribution in [0.4, 0.5) is 10.1 Å². The van der Waals surface area contributed by atoms with Crippen LogP contribution in [-0.4, -0.2) is 34.1 Å². The highest BCUT2D eigenvalue weighted by atomic mass is 19.1. The lowest BCUT2D eigenvalue weighted by Gasteiger charge is -2.25. The molecule has 0 radical (unpaired) electrons. The second-order valence-electron chi connectivity index (χ2n) is 5.48. The van der Waals surface area contributed by atoms with Gasteiger partial charge in [0.1, 0.15) is 5.75 Å². The van der Waals surface area contributed by atoms with Crippen LogP contribution in [0.15, 0.2) is 18.2 Å². The number of nitrogens with zero attached hydrogens (tertiary/aromatic N) is 1. The molecule has 0 unspecified atom stereocenters. The first-order valence-electron chi connectivity index (χ1n) is 6.70. The number of halogens is 1. The van der Waals surface area contributed by atoms with Crippen LogP contribution >= 0.6 is 0 Å². The van der Waals surface area contributed by atoms with Gasteiger partial charge in [-0.15, -0.1) is 0 Å². The van der Waals surface area contributed by atoms with Crippen molar-refractivity contribution in [3.05, 3.63) is 34.1 Å². The molecule has 0 spiro atoms. The number of ether oxygens (including phenoxy) is 1. The van der Waals surface area contributed by atoms with Crippen molar-refractivity contribution >= 4 is 17.6 Å². The van der Waals surface area contributed by atoms with Crippen molar-refractivity contribution < 1.29 is 28.7 Å². The van der Waals surface area contributed by atoms with Gasteiger partial charge in [-0.25, -0.2) is 0 Å². The Morgan fingerprint density at radius 1 is 1.43 bits per heavy atom. The molecular weight excluding hydrogens is 311 g/mol. The first-order valence-corrected chi connectivity index (χ1v) is 6.70. The Kier molecular flexibility index (Phi) is 6.00. The number of nitrogens with one attached hydrogen (secondary N) is 1. The summed E-state index contributed by atoms with van der Waals surface area (Å²) in [5, 5.41) is 21.7. The maximum atomic E-state index is 13.4. The minimum absolute atomic E-state index is 0.0217. The predicted octanol–water partition coefficient (Wildman–Crippen LogP) is 1.87. The van der Waals surface area contributed by atoms with Crippen molar-refractivity contribution in [2.24, 2.45) is 0 Å². The summed E-state index contributed by atoms with van der Waals surface area (Å²) in [5.74, 6) is -2.56. The normalized spacial score (nSPS) is 10.9. The number of nitro groups is 1. The molecule has 8 nitrogen and oxygen atoms in total. The fraction of sp³-hybridized carbons (Fsp3) is 0.429. The lowest BCUT2D eigenvalue weighted by Crippen LogP contribution is -2.45.